The molecule has 1 aromatic rings. The van der Waals surface area contributed by atoms with E-state index < -0.39 is 28.0 Å². The Morgan fingerprint density at radius 3 is 1.60 bits per heavy atom. The van der Waals surface area contributed by atoms with Crippen LogP contribution in [-0.4, -0.2) is 58.3 Å². The molecule has 0 bridgehead atoms. The molecule has 8 heteroatoms. The van der Waals surface area contributed by atoms with E-state index in [9.17, 15) is 9.59 Å². The van der Waals surface area contributed by atoms with Gasteiger partial charge in [-0.15, -0.1) is 11.1 Å². The number of hydrogen-bond donors (Lipinski definition) is 1. The van der Waals surface area contributed by atoms with Crippen LogP contribution in [0.15, 0.2) is 6.07 Å². The minimum Gasteiger partial charge on any atom is -0.453 e. The van der Waals surface area contributed by atoms with Crippen LogP contribution in [0.25, 0.3) is 0 Å². The van der Waals surface area contributed by atoms with E-state index in [1.807, 2.05) is 33.8 Å². The van der Waals surface area contributed by atoms with Crippen LogP contribution in [0.4, 0.5) is 0 Å². The van der Waals surface area contributed by atoms with Crippen molar-refractivity contribution < 1.29 is 19.1 Å². The summed E-state index contributed by atoms with van der Waals surface area (Å²) in [5, 5.41) is 2.92. The molecular weight excluding hydrogens is 617 g/mol. The van der Waals surface area contributed by atoms with E-state index in [0.29, 0.717) is 51.2 Å². The molecule has 1 aliphatic rings. The number of amides is 2. The maximum Gasteiger partial charge on any atom is 0.312 e. The van der Waals surface area contributed by atoms with Gasteiger partial charge in [-0.05, 0) is 72.9 Å². The average Bonchev–Trinajstić information content (AvgIpc) is 3.41. The molecule has 2 amide bonds. The van der Waals surface area contributed by atoms with E-state index in [4.69, 9.17) is 9.47 Å². The number of benzene rings is 1. The van der Waals surface area contributed by atoms with Crippen molar-refractivity contribution in [3.05, 3.63) is 22.8 Å². The van der Waals surface area contributed by atoms with Gasteiger partial charge in [-0.2, -0.15) is 0 Å². The normalized spacial score (nSPS) is 13.2. The Morgan fingerprint density at radius 2 is 1.17 bits per heavy atom. The first-order valence-electron chi connectivity index (χ1n) is 17.9. The Morgan fingerprint density at radius 1 is 0.723 bits per heavy atom. The van der Waals surface area contributed by atoms with Crippen LogP contribution in [0.2, 0.25) is 33.2 Å². The minimum absolute atomic E-state index is 0.0783. The molecule has 1 aromatic carbocycles. The zero-order valence-electron chi connectivity index (χ0n) is 32.4. The highest BCUT2D eigenvalue weighted by atomic mass is 28.3. The van der Waals surface area contributed by atoms with Crippen molar-refractivity contribution >= 4 is 28.0 Å². The Labute approximate surface area is 289 Å². The summed E-state index contributed by atoms with van der Waals surface area (Å²) < 4.78 is 12.1. The van der Waals surface area contributed by atoms with Gasteiger partial charge < -0.3 is 19.7 Å². The highest BCUT2D eigenvalue weighted by Gasteiger charge is 2.43. The fourth-order valence-electron chi connectivity index (χ4n) is 8.36. The van der Waals surface area contributed by atoms with Crippen LogP contribution < -0.4 is 14.8 Å². The molecule has 0 spiro atoms. The SMILES string of the molecule is CC(C)N(C(=O)C(=O)NCCc1c(C#C[Si](C(C)C)(C(C)C)C(C)C)cc2c(c1C#C[Si](C(C)C)(C(C)C)C(C)C)OCO2)C(C)C. The zero-order valence-corrected chi connectivity index (χ0v) is 34.4. The van der Waals surface area contributed by atoms with E-state index in [1.54, 1.807) is 4.90 Å². The number of hydrogen-bond acceptors (Lipinski definition) is 4. The second-order valence-electron chi connectivity index (χ2n) is 15.7. The molecule has 2 rings (SSSR count). The molecule has 0 aliphatic carbocycles. The van der Waals surface area contributed by atoms with Crippen LogP contribution in [0.1, 0.15) is 127 Å². The first-order chi connectivity index (χ1) is 21.8. The van der Waals surface area contributed by atoms with E-state index in [1.165, 1.54) is 0 Å². The third-order valence-corrected chi connectivity index (χ3v) is 23.1. The fourth-order valence-corrected chi connectivity index (χ4v) is 18.8. The minimum atomic E-state index is -2.08. The van der Waals surface area contributed by atoms with Gasteiger partial charge in [-0.1, -0.05) is 94.9 Å². The maximum atomic E-state index is 13.1. The summed E-state index contributed by atoms with van der Waals surface area (Å²) in [6.45, 7) is 35.9. The number of fused-ring (bicyclic) bond motifs is 1. The predicted octanol–water partition coefficient (Wildman–Crippen LogP) is 8.86. The standard InChI is InChI=1S/C39H64N2O4Si2/c1-25(2)41(26(3)4)39(43)38(42)40-20-17-34-33(18-21-46(27(5)6,28(7)8)29(9)10)23-36-37(45-24-44-36)35(34)19-22-47(30(11)12,31(13)14)32(15)16/h23,25-32H,17,20,24H2,1-16H3,(H,40,42). The number of carbonyl (C=O) groups is 2. The lowest BCUT2D eigenvalue weighted by atomic mass is 9.97. The molecule has 47 heavy (non-hydrogen) atoms. The van der Waals surface area contributed by atoms with Crippen LogP contribution in [0, 0.1) is 22.9 Å². The number of nitrogens with zero attached hydrogens (tertiary/aromatic N) is 1. The van der Waals surface area contributed by atoms with Crippen LogP contribution in [0.3, 0.4) is 0 Å². The van der Waals surface area contributed by atoms with Gasteiger partial charge in [0.05, 0.1) is 5.56 Å². The van der Waals surface area contributed by atoms with Crippen molar-refractivity contribution in [1.82, 2.24) is 10.2 Å². The lowest BCUT2D eigenvalue weighted by Crippen LogP contribution is -2.49. The van der Waals surface area contributed by atoms with Crippen molar-refractivity contribution in [3.63, 3.8) is 0 Å². The van der Waals surface area contributed by atoms with E-state index >= 15 is 0 Å². The third kappa shape index (κ3) is 8.49. The van der Waals surface area contributed by atoms with Gasteiger partial charge in [0.2, 0.25) is 6.79 Å². The monoisotopic (exact) mass is 680 g/mol. The van der Waals surface area contributed by atoms with Gasteiger partial charge in [0.1, 0.15) is 16.1 Å². The van der Waals surface area contributed by atoms with Gasteiger partial charge in [0.15, 0.2) is 11.5 Å². The molecule has 1 heterocycles. The summed E-state index contributed by atoms with van der Waals surface area (Å²) >= 11 is 0. The fraction of sp³-hybridized carbons (Fsp3) is 0.692. The summed E-state index contributed by atoms with van der Waals surface area (Å²) in [6, 6.07) is 1.84. The van der Waals surface area contributed by atoms with Crippen molar-refractivity contribution in [2.24, 2.45) is 0 Å². The van der Waals surface area contributed by atoms with Crippen LogP contribution >= 0.6 is 0 Å². The molecule has 0 aromatic heterocycles. The molecule has 0 radical (unpaired) electrons. The van der Waals surface area contributed by atoms with Crippen molar-refractivity contribution in [2.75, 3.05) is 13.3 Å². The largest absolute Gasteiger partial charge is 0.453 e. The zero-order chi connectivity index (χ0) is 36.0. The molecule has 0 saturated heterocycles. The topological polar surface area (TPSA) is 67.9 Å². The summed E-state index contributed by atoms with van der Waals surface area (Å²) in [7, 11) is -4.13. The second-order valence-corrected chi connectivity index (χ2v) is 26.9. The number of nitrogens with one attached hydrogen (secondary N) is 1. The molecule has 1 N–H and O–H groups in total. The molecule has 262 valence electrons. The lowest BCUT2D eigenvalue weighted by molar-refractivity contribution is -0.148. The van der Waals surface area contributed by atoms with Crippen LogP contribution in [-0.2, 0) is 16.0 Å². The molecule has 0 saturated carbocycles. The summed E-state index contributed by atoms with van der Waals surface area (Å²) in [5.41, 5.74) is 13.3. The highest BCUT2D eigenvalue weighted by molar-refractivity contribution is 6.91. The quantitative estimate of drug-likeness (QED) is 0.144. The van der Waals surface area contributed by atoms with Crippen molar-refractivity contribution in [1.29, 1.82) is 0 Å². The van der Waals surface area contributed by atoms with E-state index in [-0.39, 0.29) is 25.4 Å². The molecule has 0 fully saturated rings. The first kappa shape index (κ1) is 40.5. The van der Waals surface area contributed by atoms with Crippen molar-refractivity contribution in [3.8, 4) is 34.4 Å². The van der Waals surface area contributed by atoms with Crippen LogP contribution in [0.5, 0.6) is 11.5 Å². The van der Waals surface area contributed by atoms with Gasteiger partial charge in [-0.3, -0.25) is 9.59 Å². The molecule has 1 aliphatic heterocycles. The molecular formula is C39H64N2O4Si2. The Bertz CT molecular complexity index is 1340. The summed E-state index contributed by atoms with van der Waals surface area (Å²) in [5.74, 6) is 7.57. The second kappa shape index (κ2) is 16.6. The molecule has 0 unspecified atom stereocenters. The Hall–Kier alpha value is -2.69. The molecule has 0 atom stereocenters. The average molecular weight is 681 g/mol. The Balaban J connectivity index is 2.83. The number of rotatable bonds is 11. The van der Waals surface area contributed by atoms with Gasteiger partial charge >= 0.3 is 11.8 Å². The van der Waals surface area contributed by atoms with E-state index in [2.05, 4.69) is 111 Å². The molecule has 6 nitrogen and oxygen atoms in total. The third-order valence-electron chi connectivity index (χ3n) is 10.5. The highest BCUT2D eigenvalue weighted by Crippen LogP contribution is 2.44. The predicted molar refractivity (Wildman–Crippen MR) is 202 cm³/mol. The van der Waals surface area contributed by atoms with Gasteiger partial charge in [0.25, 0.3) is 0 Å². The number of ether oxygens (including phenoxy) is 2. The van der Waals surface area contributed by atoms with Gasteiger partial charge in [-0.25, -0.2) is 0 Å². The van der Waals surface area contributed by atoms with E-state index in [0.717, 1.165) is 16.7 Å². The summed E-state index contributed by atoms with van der Waals surface area (Å²) in [6.07, 6.45) is 0.465. The number of carbonyl (C=O) groups excluding carboxylic acids is 2. The van der Waals surface area contributed by atoms with Crippen molar-refractivity contribution in [2.45, 2.75) is 163 Å². The Kier molecular flexibility index (Phi) is 14.3. The lowest BCUT2D eigenvalue weighted by Gasteiger charge is -2.38. The van der Waals surface area contributed by atoms with Gasteiger partial charge in [0, 0.05) is 30.3 Å². The maximum absolute atomic E-state index is 13.1. The first-order valence-corrected chi connectivity index (χ1v) is 22.4. The smallest absolute Gasteiger partial charge is 0.312 e. The summed E-state index contributed by atoms with van der Waals surface area (Å²) in [4.78, 5) is 27.8.